The normalized spacial score (nSPS) is 10.9. The Bertz CT molecular complexity index is 538. The Morgan fingerprint density at radius 2 is 1.94 bits per heavy atom. The fourth-order valence-corrected chi connectivity index (χ4v) is 1.83. The van der Waals surface area contributed by atoms with E-state index in [9.17, 15) is 8.78 Å². The van der Waals surface area contributed by atoms with Crippen LogP contribution in [0.5, 0.6) is 0 Å². The Hall–Kier alpha value is -1.46. The average molecular weight is 272 g/mol. The molecule has 1 aromatic heterocycles. The molecule has 2 aromatic rings. The lowest BCUT2D eigenvalue weighted by Gasteiger charge is -2.07. The van der Waals surface area contributed by atoms with Gasteiger partial charge in [0.25, 0.3) is 0 Å². The molecule has 0 saturated carbocycles. The Kier molecular flexibility index (Phi) is 3.63. The van der Waals surface area contributed by atoms with Crippen LogP contribution in [0.15, 0.2) is 18.3 Å². The number of rotatable bonds is 3. The van der Waals surface area contributed by atoms with Gasteiger partial charge in [0.2, 0.25) is 0 Å². The zero-order valence-electron chi connectivity index (χ0n) is 9.75. The van der Waals surface area contributed by atoms with Gasteiger partial charge in [-0.2, -0.15) is 5.10 Å². The summed E-state index contributed by atoms with van der Waals surface area (Å²) in [6.45, 7) is 2.00. The minimum atomic E-state index is -0.683. The first-order valence-electron chi connectivity index (χ1n) is 5.43. The summed E-state index contributed by atoms with van der Waals surface area (Å²) in [5.41, 5.74) is 6.16. The fraction of sp³-hybridized carbons (Fsp3) is 0.250. The quantitative estimate of drug-likeness (QED) is 0.933. The van der Waals surface area contributed by atoms with Gasteiger partial charge < -0.3 is 5.73 Å². The molecule has 1 aromatic carbocycles. The number of hydrogen-bond acceptors (Lipinski definition) is 2. The first-order valence-corrected chi connectivity index (χ1v) is 5.81. The third-order valence-corrected chi connectivity index (χ3v) is 2.95. The van der Waals surface area contributed by atoms with Gasteiger partial charge in [-0.05, 0) is 37.6 Å². The summed E-state index contributed by atoms with van der Waals surface area (Å²) < 4.78 is 28.9. The highest BCUT2D eigenvalue weighted by Crippen LogP contribution is 2.22. The van der Waals surface area contributed by atoms with Crippen LogP contribution in [0.2, 0.25) is 5.02 Å². The van der Waals surface area contributed by atoms with Crippen molar-refractivity contribution in [1.82, 2.24) is 9.78 Å². The molecule has 0 aliphatic rings. The maximum Gasteiger partial charge on any atom is 0.152 e. The Balaban J connectivity index is 2.51. The van der Waals surface area contributed by atoms with E-state index >= 15 is 0 Å². The van der Waals surface area contributed by atoms with Gasteiger partial charge >= 0.3 is 0 Å². The molecule has 0 aliphatic carbocycles. The number of aromatic nitrogens is 2. The molecule has 0 amide bonds. The highest BCUT2D eigenvalue weighted by Gasteiger charge is 2.15. The molecule has 2 N–H and O–H groups in total. The Labute approximate surface area is 108 Å². The summed E-state index contributed by atoms with van der Waals surface area (Å²) in [4.78, 5) is 0. The van der Waals surface area contributed by atoms with Gasteiger partial charge in [-0.25, -0.2) is 13.5 Å². The SMILES string of the molecule is Cc1nn(-c2c(F)cc(CCN)cc2F)cc1Cl. The van der Waals surface area contributed by atoms with Crippen molar-refractivity contribution in [2.45, 2.75) is 13.3 Å². The highest BCUT2D eigenvalue weighted by molar-refractivity contribution is 6.31. The fourth-order valence-electron chi connectivity index (χ4n) is 1.70. The molecule has 6 heteroatoms. The largest absolute Gasteiger partial charge is 0.330 e. The van der Waals surface area contributed by atoms with E-state index in [2.05, 4.69) is 5.10 Å². The van der Waals surface area contributed by atoms with Crippen molar-refractivity contribution in [1.29, 1.82) is 0 Å². The molecular weight excluding hydrogens is 260 g/mol. The van der Waals surface area contributed by atoms with Crippen molar-refractivity contribution in [3.8, 4) is 5.69 Å². The van der Waals surface area contributed by atoms with Crippen LogP contribution in [0.4, 0.5) is 8.78 Å². The predicted octanol–water partition coefficient (Wildman–Crippen LogP) is 2.61. The first-order chi connectivity index (χ1) is 8.52. The number of hydrogen-bond donors (Lipinski definition) is 1. The second kappa shape index (κ2) is 5.04. The summed E-state index contributed by atoms with van der Waals surface area (Å²) >= 11 is 5.82. The standard InChI is InChI=1S/C12H12ClF2N3/c1-7-9(13)6-18(17-7)12-10(14)4-8(2-3-16)5-11(12)15/h4-6H,2-3,16H2,1H3. The summed E-state index contributed by atoms with van der Waals surface area (Å²) in [7, 11) is 0. The maximum atomic E-state index is 13.9. The molecule has 2 rings (SSSR count). The molecule has 1 heterocycles. The first kappa shape index (κ1) is 13.0. The van der Waals surface area contributed by atoms with Crippen molar-refractivity contribution >= 4 is 11.6 Å². The summed E-state index contributed by atoms with van der Waals surface area (Å²) in [6, 6.07) is 2.52. The molecule has 0 unspecified atom stereocenters. The monoisotopic (exact) mass is 271 g/mol. The van der Waals surface area contributed by atoms with E-state index in [1.807, 2.05) is 0 Å². The van der Waals surface area contributed by atoms with E-state index in [1.165, 1.54) is 18.3 Å². The molecule has 0 fully saturated rings. The smallest absolute Gasteiger partial charge is 0.152 e. The van der Waals surface area contributed by atoms with Crippen LogP contribution >= 0.6 is 11.6 Å². The lowest BCUT2D eigenvalue weighted by molar-refractivity contribution is 0.556. The predicted molar refractivity (Wildman–Crippen MR) is 66.0 cm³/mol. The van der Waals surface area contributed by atoms with E-state index in [-0.39, 0.29) is 5.69 Å². The zero-order valence-corrected chi connectivity index (χ0v) is 10.5. The van der Waals surface area contributed by atoms with Crippen LogP contribution in [0.1, 0.15) is 11.3 Å². The van der Waals surface area contributed by atoms with Crippen LogP contribution in [0.3, 0.4) is 0 Å². The Morgan fingerprint density at radius 1 is 1.33 bits per heavy atom. The number of aryl methyl sites for hydroxylation is 1. The molecule has 3 nitrogen and oxygen atoms in total. The lowest BCUT2D eigenvalue weighted by atomic mass is 10.1. The molecule has 0 bridgehead atoms. The third-order valence-electron chi connectivity index (χ3n) is 2.58. The van der Waals surface area contributed by atoms with Crippen molar-refractivity contribution in [3.05, 3.63) is 46.2 Å². The molecule has 0 spiro atoms. The summed E-state index contributed by atoms with van der Waals surface area (Å²) in [5, 5.41) is 4.32. The zero-order chi connectivity index (χ0) is 13.3. The maximum absolute atomic E-state index is 13.9. The minimum absolute atomic E-state index is 0.231. The highest BCUT2D eigenvalue weighted by atomic mass is 35.5. The van der Waals surface area contributed by atoms with Crippen LogP contribution in [0, 0.1) is 18.6 Å². The van der Waals surface area contributed by atoms with Crippen LogP contribution in [0.25, 0.3) is 5.69 Å². The molecule has 0 radical (unpaired) electrons. The van der Waals surface area contributed by atoms with Crippen molar-refractivity contribution in [2.24, 2.45) is 5.73 Å². The summed E-state index contributed by atoms with van der Waals surface area (Å²) in [5.74, 6) is -1.37. The van der Waals surface area contributed by atoms with Gasteiger partial charge in [0.1, 0.15) is 5.69 Å². The van der Waals surface area contributed by atoms with Gasteiger partial charge in [0.15, 0.2) is 11.6 Å². The average Bonchev–Trinajstić information content (AvgIpc) is 2.58. The van der Waals surface area contributed by atoms with E-state index < -0.39 is 11.6 Å². The number of nitrogens with zero attached hydrogens (tertiary/aromatic N) is 2. The topological polar surface area (TPSA) is 43.8 Å². The van der Waals surface area contributed by atoms with Gasteiger partial charge in [-0.1, -0.05) is 11.6 Å². The van der Waals surface area contributed by atoms with Gasteiger partial charge in [0.05, 0.1) is 10.7 Å². The van der Waals surface area contributed by atoms with Gasteiger partial charge in [-0.15, -0.1) is 0 Å². The molecule has 0 saturated heterocycles. The van der Waals surface area contributed by atoms with Gasteiger partial charge in [-0.3, -0.25) is 0 Å². The summed E-state index contributed by atoms with van der Waals surface area (Å²) in [6.07, 6.45) is 1.80. The number of benzene rings is 1. The van der Waals surface area contributed by atoms with Crippen LogP contribution < -0.4 is 5.73 Å². The molecule has 0 atom stereocenters. The van der Waals surface area contributed by atoms with Crippen molar-refractivity contribution < 1.29 is 8.78 Å². The lowest BCUT2D eigenvalue weighted by Crippen LogP contribution is -2.07. The van der Waals surface area contributed by atoms with Crippen molar-refractivity contribution in [3.63, 3.8) is 0 Å². The molecule has 0 aliphatic heterocycles. The van der Waals surface area contributed by atoms with Crippen molar-refractivity contribution in [2.75, 3.05) is 6.54 Å². The van der Waals surface area contributed by atoms with Gasteiger partial charge in [0, 0.05) is 6.20 Å². The third kappa shape index (κ3) is 2.37. The van der Waals surface area contributed by atoms with Crippen LogP contribution in [-0.4, -0.2) is 16.3 Å². The van der Waals surface area contributed by atoms with E-state index in [1.54, 1.807) is 6.92 Å². The molecule has 96 valence electrons. The Morgan fingerprint density at radius 3 is 2.39 bits per heavy atom. The second-order valence-electron chi connectivity index (χ2n) is 3.95. The minimum Gasteiger partial charge on any atom is -0.330 e. The van der Waals surface area contributed by atoms with E-state index in [0.717, 1.165) is 4.68 Å². The second-order valence-corrected chi connectivity index (χ2v) is 4.36. The number of nitrogens with two attached hydrogens (primary N) is 1. The van der Waals surface area contributed by atoms with Crippen LogP contribution in [-0.2, 0) is 6.42 Å². The van der Waals surface area contributed by atoms with E-state index in [4.69, 9.17) is 17.3 Å². The molecule has 18 heavy (non-hydrogen) atoms. The van der Waals surface area contributed by atoms with E-state index in [0.29, 0.717) is 29.2 Å². The molecular formula is C12H12ClF2N3. The number of halogens is 3.